The third-order valence-electron chi connectivity index (χ3n) is 5.92. The van der Waals surface area contributed by atoms with Gasteiger partial charge >= 0.3 is 6.09 Å². The van der Waals surface area contributed by atoms with Crippen LogP contribution in [0.3, 0.4) is 0 Å². The van der Waals surface area contributed by atoms with Gasteiger partial charge in [0.05, 0.1) is 6.61 Å². The minimum atomic E-state index is -1.25. The summed E-state index contributed by atoms with van der Waals surface area (Å²) in [7, 11) is 0. The first-order valence-corrected chi connectivity index (χ1v) is 12.3. The fraction of sp³-hybridized carbons (Fsp3) is 0.593. The van der Waals surface area contributed by atoms with Crippen LogP contribution in [0.4, 0.5) is 4.79 Å². The molecule has 1 aliphatic rings. The average molecular weight is 486 g/mol. The molecule has 192 valence electrons. The number of nitrogens with zero attached hydrogens (tertiary/aromatic N) is 1. The van der Waals surface area contributed by atoms with Gasteiger partial charge in [0.15, 0.2) is 0 Å². The lowest BCUT2D eigenvalue weighted by atomic mass is 9.88. The molecule has 0 spiro atoms. The van der Waals surface area contributed by atoms with E-state index in [1.807, 2.05) is 13.8 Å². The van der Waals surface area contributed by atoms with Crippen LogP contribution >= 0.6 is 0 Å². The van der Waals surface area contributed by atoms with E-state index >= 15 is 0 Å². The van der Waals surface area contributed by atoms with Crippen molar-refractivity contribution in [2.24, 2.45) is 0 Å². The maximum Gasteiger partial charge on any atom is 0.408 e. The molecule has 8 nitrogen and oxygen atoms in total. The molecule has 1 aromatic rings. The molecule has 3 amide bonds. The van der Waals surface area contributed by atoms with Gasteiger partial charge in [-0.3, -0.25) is 9.59 Å². The highest BCUT2D eigenvalue weighted by Crippen LogP contribution is 2.34. The lowest BCUT2D eigenvalue weighted by Gasteiger charge is -2.43. The van der Waals surface area contributed by atoms with Crippen molar-refractivity contribution < 1.29 is 24.2 Å². The Morgan fingerprint density at radius 3 is 2.29 bits per heavy atom. The summed E-state index contributed by atoms with van der Waals surface area (Å²) < 4.78 is 5.27. The van der Waals surface area contributed by atoms with Gasteiger partial charge in [0.1, 0.15) is 17.7 Å². The van der Waals surface area contributed by atoms with Gasteiger partial charge in [0.25, 0.3) is 0 Å². The van der Waals surface area contributed by atoms with E-state index in [4.69, 9.17) is 11.2 Å². The molecule has 0 aliphatic heterocycles. The molecule has 1 aliphatic carbocycles. The number of terminal acetylenes is 1. The van der Waals surface area contributed by atoms with Gasteiger partial charge in [-0.15, -0.1) is 6.42 Å². The van der Waals surface area contributed by atoms with E-state index in [1.54, 1.807) is 45.0 Å². The number of aliphatic hydroxyl groups excluding tert-OH is 1. The molecule has 3 unspecified atom stereocenters. The molecule has 0 radical (unpaired) electrons. The number of amides is 3. The van der Waals surface area contributed by atoms with Crippen molar-refractivity contribution in [3.63, 3.8) is 0 Å². The summed E-state index contributed by atoms with van der Waals surface area (Å²) in [6, 6.07) is 4.50. The molecule has 1 aromatic carbocycles. The van der Waals surface area contributed by atoms with Gasteiger partial charge in [0, 0.05) is 17.6 Å². The Morgan fingerprint density at radius 2 is 1.83 bits per heavy atom. The van der Waals surface area contributed by atoms with Crippen molar-refractivity contribution in [2.75, 3.05) is 6.61 Å². The van der Waals surface area contributed by atoms with Gasteiger partial charge in [-0.25, -0.2) is 4.79 Å². The maximum absolute atomic E-state index is 13.7. The smallest absolute Gasteiger partial charge is 0.408 e. The molecule has 3 atom stereocenters. The largest absolute Gasteiger partial charge is 0.444 e. The quantitative estimate of drug-likeness (QED) is 0.441. The summed E-state index contributed by atoms with van der Waals surface area (Å²) in [5.41, 5.74) is 0.505. The van der Waals surface area contributed by atoms with Gasteiger partial charge in [-0.1, -0.05) is 31.4 Å². The molecule has 2 rings (SSSR count). The first-order chi connectivity index (χ1) is 16.5. The number of aliphatic hydroxyl groups is 1. The number of carbonyl (C=O) groups is 3. The summed E-state index contributed by atoms with van der Waals surface area (Å²) in [6.45, 7) is 8.47. The third kappa shape index (κ3) is 8.00. The van der Waals surface area contributed by atoms with Crippen molar-refractivity contribution in [1.29, 1.82) is 0 Å². The molecule has 8 heteroatoms. The van der Waals surface area contributed by atoms with Crippen molar-refractivity contribution in [3.8, 4) is 12.3 Å². The van der Waals surface area contributed by atoms with Crippen LogP contribution in [0.2, 0.25) is 0 Å². The number of ether oxygens (including phenoxy) is 1. The van der Waals surface area contributed by atoms with Gasteiger partial charge in [-0.2, -0.15) is 0 Å². The van der Waals surface area contributed by atoms with E-state index in [1.165, 1.54) is 4.90 Å². The maximum atomic E-state index is 13.7. The van der Waals surface area contributed by atoms with Crippen LogP contribution in [-0.2, 0) is 14.3 Å². The normalized spacial score (nSPS) is 16.1. The molecule has 0 saturated heterocycles. The summed E-state index contributed by atoms with van der Waals surface area (Å²) in [5.74, 6) is 1.71. The van der Waals surface area contributed by atoms with Crippen molar-refractivity contribution in [1.82, 2.24) is 15.5 Å². The van der Waals surface area contributed by atoms with Crippen LogP contribution in [0.5, 0.6) is 0 Å². The number of nitrogens with one attached hydrogen (secondary N) is 2. The highest BCUT2D eigenvalue weighted by Gasteiger charge is 2.42. The van der Waals surface area contributed by atoms with Crippen LogP contribution < -0.4 is 10.6 Å². The molecular weight excluding hydrogens is 446 g/mol. The van der Waals surface area contributed by atoms with E-state index in [2.05, 4.69) is 16.6 Å². The van der Waals surface area contributed by atoms with Crippen molar-refractivity contribution in [3.05, 3.63) is 35.4 Å². The molecule has 0 aromatic heterocycles. The number of carbonyl (C=O) groups excluding carboxylic acids is 3. The Labute approximate surface area is 208 Å². The molecule has 35 heavy (non-hydrogen) atoms. The number of alkyl carbamates (subject to hydrolysis) is 1. The molecule has 0 heterocycles. The highest BCUT2D eigenvalue weighted by atomic mass is 16.6. The SMILES string of the molecule is C#Cc1ccc(C(C(=O)NC(C)CCC)N(C(=O)C(CO)NC(=O)OC(C)(C)C)C2CCC2)cc1. The first kappa shape index (κ1) is 28.2. The number of hydrogen-bond donors (Lipinski definition) is 3. The van der Waals surface area contributed by atoms with Crippen LogP contribution in [0, 0.1) is 12.3 Å². The number of rotatable bonds is 10. The topological polar surface area (TPSA) is 108 Å². The zero-order valence-corrected chi connectivity index (χ0v) is 21.5. The monoisotopic (exact) mass is 485 g/mol. The Kier molecular flexibility index (Phi) is 10.1. The second-order valence-corrected chi connectivity index (χ2v) is 10.1. The fourth-order valence-electron chi connectivity index (χ4n) is 4.03. The zero-order chi connectivity index (χ0) is 26.2. The Balaban J connectivity index is 2.43. The lowest BCUT2D eigenvalue weighted by Crippen LogP contribution is -2.58. The number of benzene rings is 1. The summed E-state index contributed by atoms with van der Waals surface area (Å²) in [4.78, 5) is 41.2. The van der Waals surface area contributed by atoms with E-state index < -0.39 is 36.3 Å². The second-order valence-electron chi connectivity index (χ2n) is 10.1. The predicted molar refractivity (Wildman–Crippen MR) is 134 cm³/mol. The van der Waals surface area contributed by atoms with Crippen molar-refractivity contribution >= 4 is 17.9 Å². The lowest BCUT2D eigenvalue weighted by molar-refractivity contribution is -0.148. The Morgan fingerprint density at radius 1 is 1.20 bits per heavy atom. The first-order valence-electron chi connectivity index (χ1n) is 12.3. The number of hydrogen-bond acceptors (Lipinski definition) is 5. The van der Waals surface area contributed by atoms with Crippen LogP contribution in [0.25, 0.3) is 0 Å². The Hall–Kier alpha value is -3.05. The highest BCUT2D eigenvalue weighted by molar-refractivity contribution is 5.92. The predicted octanol–water partition coefficient (Wildman–Crippen LogP) is 3.28. The van der Waals surface area contributed by atoms with Gasteiger partial charge < -0.3 is 25.4 Å². The average Bonchev–Trinajstić information content (AvgIpc) is 2.74. The second kappa shape index (κ2) is 12.6. The summed E-state index contributed by atoms with van der Waals surface area (Å²) in [5, 5.41) is 15.5. The zero-order valence-electron chi connectivity index (χ0n) is 21.5. The minimum absolute atomic E-state index is 0.0770. The van der Waals surface area contributed by atoms with E-state index in [0.717, 1.165) is 32.1 Å². The van der Waals surface area contributed by atoms with Crippen LogP contribution in [0.1, 0.15) is 83.9 Å². The van der Waals surface area contributed by atoms with Crippen molar-refractivity contribution in [2.45, 2.75) is 96.5 Å². The molecule has 3 N–H and O–H groups in total. The standard InChI is InChI=1S/C27H39N3O5/c1-7-10-18(3)28-24(32)23(20-15-13-19(8-2)14-16-20)30(21-11-9-12-21)25(33)22(17-31)29-26(34)35-27(4,5)6/h2,13-16,18,21-23,31H,7,9-12,17H2,1,3-6H3,(H,28,32)(H,29,34). The fourth-order valence-corrected chi connectivity index (χ4v) is 4.03. The molecular formula is C27H39N3O5. The minimum Gasteiger partial charge on any atom is -0.444 e. The molecule has 1 saturated carbocycles. The van der Waals surface area contributed by atoms with Gasteiger partial charge in [-0.05, 0) is 71.1 Å². The van der Waals surface area contributed by atoms with Crippen LogP contribution in [-0.4, -0.2) is 58.2 Å². The van der Waals surface area contributed by atoms with Gasteiger partial charge in [0.2, 0.25) is 11.8 Å². The van der Waals surface area contributed by atoms with E-state index in [-0.39, 0.29) is 18.0 Å². The summed E-state index contributed by atoms with van der Waals surface area (Å²) >= 11 is 0. The Bertz CT molecular complexity index is 912. The molecule has 1 fully saturated rings. The van der Waals surface area contributed by atoms with E-state index in [0.29, 0.717) is 11.1 Å². The summed E-state index contributed by atoms with van der Waals surface area (Å²) in [6.07, 6.45) is 8.77. The van der Waals surface area contributed by atoms with Crippen LogP contribution in [0.15, 0.2) is 24.3 Å². The third-order valence-corrected chi connectivity index (χ3v) is 5.92. The molecule has 0 bridgehead atoms. The van der Waals surface area contributed by atoms with E-state index in [9.17, 15) is 19.5 Å².